The number of carbonyl (C=O) groups excluding carboxylic acids is 1. The first kappa shape index (κ1) is 21.8. The molecule has 6 heteroatoms. The van der Waals surface area contributed by atoms with Gasteiger partial charge in [0, 0.05) is 24.8 Å². The quantitative estimate of drug-likeness (QED) is 0.485. The molecule has 3 nitrogen and oxygen atoms in total. The Labute approximate surface area is 173 Å². The zero-order valence-electron chi connectivity index (χ0n) is 16.1. The molecule has 0 heterocycles. The average molecular weight is 424 g/mol. The van der Waals surface area contributed by atoms with E-state index in [0.29, 0.717) is 24.8 Å². The third-order valence-electron chi connectivity index (χ3n) is 4.62. The maximum atomic E-state index is 13.2. The van der Waals surface area contributed by atoms with Gasteiger partial charge in [0.05, 0.1) is 0 Å². The molecule has 2 aromatic carbocycles. The van der Waals surface area contributed by atoms with E-state index in [1.165, 1.54) is 0 Å². The average Bonchev–Trinajstić information content (AvgIpc) is 2.66. The Morgan fingerprint density at radius 1 is 0.889 bits per heavy atom. The predicted octanol–water partition coefficient (Wildman–Crippen LogP) is 4.46. The number of nitrogens with zero attached hydrogens (tertiary/aromatic N) is 1. The van der Waals surface area contributed by atoms with Gasteiger partial charge in [-0.3, -0.25) is 0 Å². The number of halogens is 2. The Balaban J connectivity index is 2.60. The van der Waals surface area contributed by atoms with E-state index in [0.717, 1.165) is 10.4 Å². The summed E-state index contributed by atoms with van der Waals surface area (Å²) in [5, 5.41) is 1.86. The van der Waals surface area contributed by atoms with Crippen molar-refractivity contribution in [3.63, 3.8) is 0 Å². The van der Waals surface area contributed by atoms with E-state index < -0.39 is 8.32 Å². The molecule has 0 aliphatic carbocycles. The summed E-state index contributed by atoms with van der Waals surface area (Å²) < 4.78 is 6.45. The summed E-state index contributed by atoms with van der Waals surface area (Å²) in [5.74, 6) is 0.680. The molecule has 0 aromatic heterocycles. The van der Waals surface area contributed by atoms with Crippen LogP contribution in [0.1, 0.15) is 20.8 Å². The van der Waals surface area contributed by atoms with Crippen molar-refractivity contribution in [3.8, 4) is 0 Å². The third-order valence-corrected chi connectivity index (χ3v) is 9.85. The molecule has 0 spiro atoms. The molecule has 0 saturated carbocycles. The zero-order valence-corrected chi connectivity index (χ0v) is 18.6. The van der Waals surface area contributed by atoms with Gasteiger partial charge in [-0.1, -0.05) is 81.4 Å². The second-order valence-corrected chi connectivity index (χ2v) is 12.4. The van der Waals surface area contributed by atoms with Crippen molar-refractivity contribution in [2.45, 2.75) is 25.8 Å². The Morgan fingerprint density at radius 2 is 1.30 bits per heavy atom. The predicted molar refractivity (Wildman–Crippen MR) is 117 cm³/mol. The number of alkyl halides is 2. The lowest BCUT2D eigenvalue weighted by Gasteiger charge is -2.43. The van der Waals surface area contributed by atoms with E-state index in [9.17, 15) is 4.79 Å². The van der Waals surface area contributed by atoms with Gasteiger partial charge < -0.3 is 9.33 Å². The van der Waals surface area contributed by atoms with Crippen molar-refractivity contribution < 1.29 is 9.22 Å². The van der Waals surface area contributed by atoms with Crippen molar-refractivity contribution in [1.29, 1.82) is 0 Å². The van der Waals surface area contributed by atoms with Gasteiger partial charge in [0.1, 0.15) is 0 Å². The van der Waals surface area contributed by atoms with Crippen molar-refractivity contribution >= 4 is 48.0 Å². The van der Waals surface area contributed by atoms with Crippen LogP contribution < -0.4 is 10.4 Å². The van der Waals surface area contributed by atoms with Crippen LogP contribution in [-0.4, -0.2) is 44.2 Å². The monoisotopic (exact) mass is 423 g/mol. The molecular weight excluding hydrogens is 397 g/mol. The first-order valence-electron chi connectivity index (χ1n) is 9.07. The number of rotatable bonds is 7. The van der Waals surface area contributed by atoms with Crippen LogP contribution in [0.25, 0.3) is 0 Å². The SMILES string of the molecule is CC(C)(C)[Si](OC(=O)N(CCCl)CCCl)(c1ccccc1)c1ccccc1. The Bertz CT molecular complexity index is 674. The molecule has 2 rings (SSSR count). The second kappa shape index (κ2) is 9.63. The molecule has 2 aromatic rings. The highest BCUT2D eigenvalue weighted by Gasteiger charge is 2.53. The second-order valence-electron chi connectivity index (χ2n) is 7.40. The van der Waals surface area contributed by atoms with Crippen LogP contribution in [-0.2, 0) is 4.43 Å². The minimum atomic E-state index is -2.91. The largest absolute Gasteiger partial charge is 0.494 e. The highest BCUT2D eigenvalue weighted by atomic mass is 35.5. The van der Waals surface area contributed by atoms with Crippen LogP contribution in [0.2, 0.25) is 5.04 Å². The van der Waals surface area contributed by atoms with Gasteiger partial charge in [-0.25, -0.2) is 4.79 Å². The summed E-state index contributed by atoms with van der Waals surface area (Å²) in [6.07, 6.45) is -0.356. The summed E-state index contributed by atoms with van der Waals surface area (Å²) in [6, 6.07) is 20.2. The Morgan fingerprint density at radius 3 is 1.63 bits per heavy atom. The molecule has 27 heavy (non-hydrogen) atoms. The van der Waals surface area contributed by atoms with Gasteiger partial charge in [-0.15, -0.1) is 23.2 Å². The fourth-order valence-electron chi connectivity index (χ4n) is 3.34. The molecule has 0 atom stereocenters. The molecular formula is C21H27Cl2NO2Si. The molecule has 0 N–H and O–H groups in total. The van der Waals surface area contributed by atoms with Gasteiger partial charge in [-0.2, -0.15) is 0 Å². The topological polar surface area (TPSA) is 29.5 Å². The number of hydrogen-bond acceptors (Lipinski definition) is 2. The molecule has 146 valence electrons. The highest BCUT2D eigenvalue weighted by molar-refractivity contribution is 7.00. The molecule has 1 amide bonds. The van der Waals surface area contributed by atoms with Crippen LogP contribution >= 0.6 is 23.2 Å². The summed E-state index contributed by atoms with van der Waals surface area (Å²) in [5.41, 5.74) is 0. The number of carbonyl (C=O) groups is 1. The van der Waals surface area contributed by atoms with Crippen LogP contribution in [0.5, 0.6) is 0 Å². The smallest absolute Gasteiger partial charge is 0.396 e. The van der Waals surface area contributed by atoms with Crippen LogP contribution in [0.15, 0.2) is 60.7 Å². The van der Waals surface area contributed by atoms with Gasteiger partial charge in [0.25, 0.3) is 0 Å². The summed E-state index contributed by atoms with van der Waals surface area (Å²) >= 11 is 11.8. The molecule has 0 unspecified atom stereocenters. The van der Waals surface area contributed by atoms with Crippen molar-refractivity contribution in [3.05, 3.63) is 60.7 Å². The first-order chi connectivity index (χ1) is 12.9. The molecule has 0 aliphatic rings. The fraction of sp³-hybridized carbons (Fsp3) is 0.381. The van der Waals surface area contributed by atoms with Crippen LogP contribution in [0.4, 0.5) is 4.79 Å². The summed E-state index contributed by atoms with van der Waals surface area (Å²) in [7, 11) is -2.91. The van der Waals surface area contributed by atoms with E-state index in [-0.39, 0.29) is 11.1 Å². The number of benzene rings is 2. The van der Waals surface area contributed by atoms with E-state index in [2.05, 4.69) is 45.0 Å². The maximum absolute atomic E-state index is 13.2. The van der Waals surface area contributed by atoms with E-state index in [1.807, 2.05) is 36.4 Å². The molecule has 0 radical (unpaired) electrons. The minimum absolute atomic E-state index is 0.265. The van der Waals surface area contributed by atoms with E-state index >= 15 is 0 Å². The first-order valence-corrected chi connectivity index (χ1v) is 12.1. The number of hydrogen-bond donors (Lipinski definition) is 0. The van der Waals surface area contributed by atoms with Crippen LogP contribution in [0, 0.1) is 0 Å². The molecule has 0 bridgehead atoms. The van der Waals surface area contributed by atoms with Gasteiger partial charge in [0.15, 0.2) is 0 Å². The lowest BCUT2D eigenvalue weighted by Crippen LogP contribution is -2.68. The number of amides is 1. The minimum Gasteiger partial charge on any atom is -0.494 e. The zero-order chi connectivity index (χ0) is 19.9. The van der Waals surface area contributed by atoms with Gasteiger partial charge >= 0.3 is 14.4 Å². The molecule has 0 aliphatic heterocycles. The highest BCUT2D eigenvalue weighted by Crippen LogP contribution is 2.37. The maximum Gasteiger partial charge on any atom is 0.396 e. The van der Waals surface area contributed by atoms with Crippen molar-refractivity contribution in [2.24, 2.45) is 0 Å². The summed E-state index contributed by atoms with van der Waals surface area (Å²) in [4.78, 5) is 14.7. The van der Waals surface area contributed by atoms with Gasteiger partial charge in [-0.05, 0) is 15.4 Å². The normalized spacial score (nSPS) is 11.9. The third kappa shape index (κ3) is 4.87. The van der Waals surface area contributed by atoms with Crippen molar-refractivity contribution in [2.75, 3.05) is 24.8 Å². The summed E-state index contributed by atoms with van der Waals surface area (Å²) in [6.45, 7) is 7.23. The lowest BCUT2D eigenvalue weighted by molar-refractivity contribution is 0.154. The van der Waals surface area contributed by atoms with E-state index in [1.54, 1.807) is 4.90 Å². The Kier molecular flexibility index (Phi) is 7.77. The van der Waals surface area contributed by atoms with Gasteiger partial charge in [0.2, 0.25) is 0 Å². The molecule has 0 fully saturated rings. The standard InChI is InChI=1S/C21H27Cl2NO2Si/c1-21(2,3)27(18-10-6-4-7-11-18,19-12-8-5-9-13-19)26-20(25)24(16-14-22)17-15-23/h4-13H,14-17H2,1-3H3. The lowest BCUT2D eigenvalue weighted by atomic mass is 10.2. The van der Waals surface area contributed by atoms with Crippen LogP contribution in [0.3, 0.4) is 0 Å². The fourth-order valence-corrected chi connectivity index (χ4v) is 8.07. The Hall–Kier alpha value is -1.49. The van der Waals surface area contributed by atoms with E-state index in [4.69, 9.17) is 27.6 Å². The van der Waals surface area contributed by atoms with Crippen molar-refractivity contribution in [1.82, 2.24) is 4.90 Å². The molecule has 0 saturated heterocycles.